The Hall–Kier alpha value is -2.13. The van der Waals surface area contributed by atoms with Crippen LogP contribution in [-0.4, -0.2) is 18.2 Å². The molecule has 0 radical (unpaired) electrons. The molecule has 1 rings (SSSR count). The van der Waals surface area contributed by atoms with Crippen molar-refractivity contribution < 1.29 is 19.0 Å². The molecule has 84 valence electrons. The third kappa shape index (κ3) is 2.10. The van der Waals surface area contributed by atoms with E-state index < -0.39 is 17.8 Å². The standard InChI is InChI=1S/C10H9FN2O3/c1-16-9-6(4-12)2-5(3-7(9)11)8(13)10(14)15/h2-3,8H,13H2,1H3,(H,14,15). The SMILES string of the molecule is COc1c(F)cc(C(N)C(=O)O)cc1C#N. The van der Waals surface area contributed by atoms with Crippen LogP contribution in [0.25, 0.3) is 0 Å². The number of carboxylic acid groups (broad SMARTS) is 1. The molecule has 0 fully saturated rings. The summed E-state index contributed by atoms with van der Waals surface area (Å²) in [5.41, 5.74) is 5.23. The maximum absolute atomic E-state index is 13.4. The largest absolute Gasteiger partial charge is 0.492 e. The first kappa shape index (κ1) is 11.9. The second-order valence-corrected chi connectivity index (χ2v) is 3.01. The number of carbonyl (C=O) groups is 1. The van der Waals surface area contributed by atoms with Crippen LogP contribution in [0.15, 0.2) is 12.1 Å². The molecule has 0 bridgehead atoms. The van der Waals surface area contributed by atoms with Crippen molar-refractivity contribution in [2.24, 2.45) is 5.73 Å². The van der Waals surface area contributed by atoms with Crippen molar-refractivity contribution >= 4 is 5.97 Å². The van der Waals surface area contributed by atoms with E-state index in [1.54, 1.807) is 6.07 Å². The molecule has 3 N–H and O–H groups in total. The second kappa shape index (κ2) is 4.59. The van der Waals surface area contributed by atoms with Gasteiger partial charge in [0, 0.05) is 0 Å². The monoisotopic (exact) mass is 224 g/mol. The number of nitriles is 1. The summed E-state index contributed by atoms with van der Waals surface area (Å²) in [4.78, 5) is 10.6. The molecule has 1 aromatic carbocycles. The fourth-order valence-corrected chi connectivity index (χ4v) is 1.23. The van der Waals surface area contributed by atoms with Gasteiger partial charge in [-0.3, -0.25) is 4.79 Å². The van der Waals surface area contributed by atoms with Gasteiger partial charge in [-0.2, -0.15) is 5.26 Å². The number of carboxylic acids is 1. The van der Waals surface area contributed by atoms with Gasteiger partial charge in [-0.1, -0.05) is 0 Å². The van der Waals surface area contributed by atoms with Crippen LogP contribution in [0.2, 0.25) is 0 Å². The molecule has 0 spiro atoms. The second-order valence-electron chi connectivity index (χ2n) is 3.01. The average molecular weight is 224 g/mol. The summed E-state index contributed by atoms with van der Waals surface area (Å²) in [7, 11) is 1.22. The van der Waals surface area contributed by atoms with Gasteiger partial charge in [0.25, 0.3) is 0 Å². The minimum absolute atomic E-state index is 0.0161. The first-order valence-corrected chi connectivity index (χ1v) is 4.27. The van der Waals surface area contributed by atoms with Crippen LogP contribution in [0.1, 0.15) is 17.2 Å². The highest BCUT2D eigenvalue weighted by Crippen LogP contribution is 2.26. The Balaban J connectivity index is 3.32. The highest BCUT2D eigenvalue weighted by Gasteiger charge is 2.19. The van der Waals surface area contributed by atoms with E-state index in [0.717, 1.165) is 6.07 Å². The first-order valence-electron chi connectivity index (χ1n) is 4.27. The Kier molecular flexibility index (Phi) is 3.43. The molecule has 0 aliphatic rings. The van der Waals surface area contributed by atoms with Crippen LogP contribution in [0.5, 0.6) is 5.75 Å². The molecule has 0 saturated carbocycles. The number of nitrogens with zero attached hydrogens (tertiary/aromatic N) is 1. The maximum atomic E-state index is 13.4. The molecule has 0 aromatic heterocycles. The predicted molar refractivity (Wildman–Crippen MR) is 52.2 cm³/mol. The number of ether oxygens (including phenoxy) is 1. The highest BCUT2D eigenvalue weighted by atomic mass is 19.1. The van der Waals surface area contributed by atoms with Gasteiger partial charge in [0.1, 0.15) is 12.1 Å². The van der Waals surface area contributed by atoms with Crippen molar-refractivity contribution in [3.63, 3.8) is 0 Å². The predicted octanol–water partition coefficient (Wildman–Crippen LogP) is 0.790. The van der Waals surface area contributed by atoms with Crippen molar-refractivity contribution in [1.29, 1.82) is 5.26 Å². The summed E-state index contributed by atoms with van der Waals surface area (Å²) in [6.45, 7) is 0. The molecule has 0 heterocycles. The molecule has 0 amide bonds. The van der Waals surface area contributed by atoms with Crippen LogP contribution >= 0.6 is 0 Å². The fourth-order valence-electron chi connectivity index (χ4n) is 1.23. The van der Waals surface area contributed by atoms with Crippen LogP contribution in [-0.2, 0) is 4.79 Å². The summed E-state index contributed by atoms with van der Waals surface area (Å²) in [6.07, 6.45) is 0. The highest BCUT2D eigenvalue weighted by molar-refractivity contribution is 5.75. The third-order valence-corrected chi connectivity index (χ3v) is 2.02. The summed E-state index contributed by atoms with van der Waals surface area (Å²) in [5, 5.41) is 17.4. The maximum Gasteiger partial charge on any atom is 0.325 e. The molecular weight excluding hydrogens is 215 g/mol. The minimum atomic E-state index is -1.37. The number of rotatable bonds is 3. The Labute approximate surface area is 90.9 Å². The van der Waals surface area contributed by atoms with E-state index in [-0.39, 0.29) is 16.9 Å². The number of hydrogen-bond donors (Lipinski definition) is 2. The van der Waals surface area contributed by atoms with Gasteiger partial charge in [0.15, 0.2) is 11.6 Å². The smallest absolute Gasteiger partial charge is 0.325 e. The topological polar surface area (TPSA) is 96.3 Å². The minimum Gasteiger partial charge on any atom is -0.492 e. The molecule has 6 heteroatoms. The molecule has 1 aromatic rings. The Morgan fingerprint density at radius 2 is 2.31 bits per heavy atom. The van der Waals surface area contributed by atoms with E-state index in [1.165, 1.54) is 13.2 Å². The van der Waals surface area contributed by atoms with E-state index in [1.807, 2.05) is 0 Å². The van der Waals surface area contributed by atoms with E-state index in [0.29, 0.717) is 0 Å². The van der Waals surface area contributed by atoms with Crippen LogP contribution in [0.4, 0.5) is 4.39 Å². The summed E-state index contributed by atoms with van der Waals surface area (Å²) >= 11 is 0. The van der Waals surface area contributed by atoms with Crippen molar-refractivity contribution in [1.82, 2.24) is 0 Å². The van der Waals surface area contributed by atoms with Crippen molar-refractivity contribution in [3.8, 4) is 11.8 Å². The van der Waals surface area contributed by atoms with Gasteiger partial charge in [0.05, 0.1) is 12.7 Å². The first-order chi connectivity index (χ1) is 7.51. The molecular formula is C10H9FN2O3. The lowest BCUT2D eigenvalue weighted by Gasteiger charge is -2.10. The van der Waals surface area contributed by atoms with Crippen molar-refractivity contribution in [2.45, 2.75) is 6.04 Å². The van der Waals surface area contributed by atoms with E-state index >= 15 is 0 Å². The van der Waals surface area contributed by atoms with Gasteiger partial charge in [-0.25, -0.2) is 4.39 Å². The van der Waals surface area contributed by atoms with Crippen LogP contribution < -0.4 is 10.5 Å². The molecule has 1 atom stereocenters. The lowest BCUT2D eigenvalue weighted by Crippen LogP contribution is -2.21. The number of methoxy groups -OCH3 is 1. The normalized spacial score (nSPS) is 11.6. The van der Waals surface area contributed by atoms with Gasteiger partial charge in [-0.15, -0.1) is 0 Å². The fraction of sp³-hybridized carbons (Fsp3) is 0.200. The summed E-state index contributed by atoms with van der Waals surface area (Å²) < 4.78 is 18.1. The zero-order valence-electron chi connectivity index (χ0n) is 8.40. The molecule has 5 nitrogen and oxygen atoms in total. The Morgan fingerprint density at radius 3 is 2.75 bits per heavy atom. The molecule has 0 aliphatic carbocycles. The zero-order valence-corrected chi connectivity index (χ0v) is 8.40. The molecule has 1 unspecified atom stereocenters. The summed E-state index contributed by atoms with van der Waals surface area (Å²) in [5.74, 6) is -2.33. The lowest BCUT2D eigenvalue weighted by molar-refractivity contribution is -0.138. The molecule has 0 saturated heterocycles. The number of nitrogens with two attached hydrogens (primary N) is 1. The number of aliphatic carboxylic acids is 1. The molecule has 16 heavy (non-hydrogen) atoms. The Morgan fingerprint density at radius 1 is 1.69 bits per heavy atom. The van der Waals surface area contributed by atoms with Gasteiger partial charge >= 0.3 is 5.97 Å². The van der Waals surface area contributed by atoms with Crippen LogP contribution in [0.3, 0.4) is 0 Å². The van der Waals surface area contributed by atoms with Crippen LogP contribution in [0, 0.1) is 17.1 Å². The number of halogens is 1. The van der Waals surface area contributed by atoms with Gasteiger partial charge < -0.3 is 15.6 Å². The quantitative estimate of drug-likeness (QED) is 0.791. The number of benzene rings is 1. The third-order valence-electron chi connectivity index (χ3n) is 2.02. The van der Waals surface area contributed by atoms with E-state index in [4.69, 9.17) is 16.1 Å². The Bertz CT molecular complexity index is 468. The van der Waals surface area contributed by atoms with E-state index in [9.17, 15) is 9.18 Å². The lowest BCUT2D eigenvalue weighted by atomic mass is 10.0. The van der Waals surface area contributed by atoms with E-state index in [2.05, 4.69) is 4.74 Å². The average Bonchev–Trinajstić information content (AvgIpc) is 2.26. The van der Waals surface area contributed by atoms with Gasteiger partial charge in [-0.05, 0) is 17.7 Å². The zero-order chi connectivity index (χ0) is 12.3. The van der Waals surface area contributed by atoms with Crippen molar-refractivity contribution in [3.05, 3.63) is 29.1 Å². The number of hydrogen-bond acceptors (Lipinski definition) is 4. The van der Waals surface area contributed by atoms with Crippen molar-refractivity contribution in [2.75, 3.05) is 7.11 Å². The van der Waals surface area contributed by atoms with Gasteiger partial charge in [0.2, 0.25) is 0 Å². The summed E-state index contributed by atoms with van der Waals surface area (Å²) in [6, 6.07) is 2.48. The molecule has 0 aliphatic heterocycles.